The number of phenols is 1. The summed E-state index contributed by atoms with van der Waals surface area (Å²) >= 11 is 0. The first-order chi connectivity index (χ1) is 18.5. The number of aryl methyl sites for hydroxylation is 2. The van der Waals surface area contributed by atoms with Gasteiger partial charge in [0.15, 0.2) is 6.35 Å². The predicted molar refractivity (Wildman–Crippen MR) is 153 cm³/mol. The van der Waals surface area contributed by atoms with Crippen LogP contribution in [0, 0.1) is 13.8 Å². The molecule has 0 aromatic heterocycles. The molecule has 0 saturated heterocycles. The van der Waals surface area contributed by atoms with Gasteiger partial charge in [-0.2, -0.15) is 0 Å². The quantitative estimate of drug-likeness (QED) is 0.184. The maximum atomic E-state index is 13.6. The Balaban J connectivity index is 2.14. The van der Waals surface area contributed by atoms with Gasteiger partial charge in [0.1, 0.15) is 24.6 Å². The van der Waals surface area contributed by atoms with E-state index in [-0.39, 0.29) is 38.6 Å². The molecule has 9 nitrogen and oxygen atoms in total. The molecule has 2 aromatic carbocycles. The standard InChI is InChI=1S/C29H43N2O7P/c1-7-11-36-28(33)17-30-39(35,31-18-29(34)37-12-8-2)19-38-24-13-21(5)26(22(6)14-24)16-23-9-10-27(32)25(15-23)20(3)4/h9-10,13-15,20,32H,7-8,11-12,16-19H2,1-6H3,(H2,30,31,35). The van der Waals surface area contributed by atoms with Crippen molar-refractivity contribution >= 4 is 19.4 Å². The predicted octanol–water partition coefficient (Wildman–Crippen LogP) is 5.34. The van der Waals surface area contributed by atoms with Crippen LogP contribution in [0.2, 0.25) is 0 Å². The average molecular weight is 563 g/mol. The Kier molecular flexibility index (Phi) is 13.0. The van der Waals surface area contributed by atoms with E-state index in [1.54, 1.807) is 6.07 Å². The number of esters is 2. The van der Waals surface area contributed by atoms with Crippen LogP contribution in [-0.4, -0.2) is 49.7 Å². The first kappa shape index (κ1) is 32.3. The molecule has 0 saturated carbocycles. The Bertz CT molecular complexity index is 1120. The fraction of sp³-hybridized carbons (Fsp3) is 0.517. The summed E-state index contributed by atoms with van der Waals surface area (Å²) in [5.74, 6) is -0.0531. The fourth-order valence-corrected chi connectivity index (χ4v) is 5.32. The summed E-state index contributed by atoms with van der Waals surface area (Å²) in [5.41, 5.74) is 5.16. The topological polar surface area (TPSA) is 123 Å². The molecule has 10 heteroatoms. The molecule has 0 amide bonds. The number of benzene rings is 2. The second-order valence-electron chi connectivity index (χ2n) is 9.88. The lowest BCUT2D eigenvalue weighted by Gasteiger charge is -2.21. The minimum atomic E-state index is -3.52. The average Bonchev–Trinajstić information content (AvgIpc) is 2.90. The Morgan fingerprint density at radius 2 is 1.46 bits per heavy atom. The Morgan fingerprint density at radius 1 is 0.923 bits per heavy atom. The van der Waals surface area contributed by atoms with Gasteiger partial charge in [-0.15, -0.1) is 0 Å². The number of hydrogen-bond acceptors (Lipinski definition) is 7. The van der Waals surface area contributed by atoms with Gasteiger partial charge >= 0.3 is 11.9 Å². The highest BCUT2D eigenvalue weighted by molar-refractivity contribution is 7.59. The van der Waals surface area contributed by atoms with Gasteiger partial charge in [-0.1, -0.05) is 39.8 Å². The molecule has 0 bridgehead atoms. The number of hydrogen-bond donors (Lipinski definition) is 3. The largest absolute Gasteiger partial charge is 0.508 e. The molecule has 2 aromatic rings. The van der Waals surface area contributed by atoms with Crippen LogP contribution in [0.1, 0.15) is 74.3 Å². The van der Waals surface area contributed by atoms with Crippen LogP contribution in [0.4, 0.5) is 0 Å². The van der Waals surface area contributed by atoms with Crippen molar-refractivity contribution in [3.63, 3.8) is 0 Å². The first-order valence-corrected chi connectivity index (χ1v) is 15.3. The Morgan fingerprint density at radius 3 is 1.95 bits per heavy atom. The number of aromatic hydroxyl groups is 1. The minimum Gasteiger partial charge on any atom is -0.508 e. The molecule has 39 heavy (non-hydrogen) atoms. The van der Waals surface area contributed by atoms with Gasteiger partial charge in [0.2, 0.25) is 7.44 Å². The number of rotatable bonds is 16. The SMILES string of the molecule is CCCOC(=O)CNP(=O)(COc1cc(C)c(Cc2ccc(O)c(C(C)C)c2)c(C)c1)NCC(=O)OCCC. The summed E-state index contributed by atoms with van der Waals surface area (Å²) in [4.78, 5) is 24.0. The minimum absolute atomic E-state index is 0.211. The molecule has 0 aliphatic heterocycles. The Labute approximate surface area is 232 Å². The van der Waals surface area contributed by atoms with Crippen molar-refractivity contribution in [2.75, 3.05) is 32.7 Å². The lowest BCUT2D eigenvalue weighted by atomic mass is 9.93. The van der Waals surface area contributed by atoms with E-state index >= 15 is 0 Å². The van der Waals surface area contributed by atoms with Crippen LogP contribution in [0.15, 0.2) is 30.3 Å². The zero-order valence-corrected chi connectivity index (χ0v) is 24.9. The van der Waals surface area contributed by atoms with Gasteiger partial charge in [-0.05, 0) is 85.0 Å². The second kappa shape index (κ2) is 15.7. The molecule has 0 aliphatic rings. The van der Waals surface area contributed by atoms with Crippen molar-refractivity contribution in [2.45, 2.75) is 66.7 Å². The van der Waals surface area contributed by atoms with Gasteiger partial charge in [-0.3, -0.25) is 14.2 Å². The van der Waals surface area contributed by atoms with Crippen molar-refractivity contribution in [3.05, 3.63) is 58.1 Å². The van der Waals surface area contributed by atoms with Crippen molar-refractivity contribution in [3.8, 4) is 11.5 Å². The highest BCUT2D eigenvalue weighted by Gasteiger charge is 2.25. The normalized spacial score (nSPS) is 11.5. The first-order valence-electron chi connectivity index (χ1n) is 13.4. The second-order valence-corrected chi connectivity index (χ2v) is 12.3. The number of phenolic OH excluding ortho intramolecular Hbond substituents is 1. The Hall–Kier alpha value is -2.87. The summed E-state index contributed by atoms with van der Waals surface area (Å²) in [7, 11) is -3.52. The van der Waals surface area contributed by atoms with Crippen LogP contribution in [0.25, 0.3) is 0 Å². The number of carbonyl (C=O) groups is 2. The van der Waals surface area contributed by atoms with Crippen molar-refractivity contribution in [2.24, 2.45) is 0 Å². The zero-order chi connectivity index (χ0) is 29.0. The van der Waals surface area contributed by atoms with Gasteiger partial charge in [-0.25, -0.2) is 10.2 Å². The summed E-state index contributed by atoms with van der Waals surface area (Å²) in [6.07, 6.45) is 1.76. The van der Waals surface area contributed by atoms with Crippen molar-refractivity contribution < 1.29 is 33.5 Å². The molecule has 0 radical (unpaired) electrons. The van der Waals surface area contributed by atoms with E-state index in [0.29, 0.717) is 30.8 Å². The van der Waals surface area contributed by atoms with Crippen molar-refractivity contribution in [1.29, 1.82) is 0 Å². The summed E-state index contributed by atoms with van der Waals surface area (Å²) < 4.78 is 29.6. The van der Waals surface area contributed by atoms with Gasteiger partial charge in [0, 0.05) is 0 Å². The zero-order valence-electron chi connectivity index (χ0n) is 24.0. The highest BCUT2D eigenvalue weighted by atomic mass is 31.2. The molecular weight excluding hydrogens is 519 g/mol. The molecule has 2 rings (SSSR count). The van der Waals surface area contributed by atoms with Crippen LogP contribution in [-0.2, 0) is 30.0 Å². The number of ether oxygens (including phenoxy) is 3. The molecule has 0 heterocycles. The van der Waals surface area contributed by atoms with Gasteiger partial charge in [0.05, 0.1) is 13.2 Å². The molecular formula is C29H43N2O7P. The summed E-state index contributed by atoms with van der Waals surface area (Å²) in [6, 6.07) is 9.45. The van der Waals surface area contributed by atoms with Crippen LogP contribution >= 0.6 is 7.44 Å². The molecule has 3 N–H and O–H groups in total. The van der Waals surface area contributed by atoms with Crippen LogP contribution in [0.5, 0.6) is 11.5 Å². The van der Waals surface area contributed by atoms with E-state index in [2.05, 4.69) is 10.2 Å². The summed E-state index contributed by atoms with van der Waals surface area (Å²) in [5, 5.41) is 15.5. The number of carbonyl (C=O) groups excluding carboxylic acids is 2. The third-order valence-electron chi connectivity index (χ3n) is 6.07. The van der Waals surface area contributed by atoms with E-state index < -0.39 is 19.4 Å². The smallest absolute Gasteiger partial charge is 0.320 e. The van der Waals surface area contributed by atoms with Crippen LogP contribution in [0.3, 0.4) is 0 Å². The maximum absolute atomic E-state index is 13.6. The van der Waals surface area contributed by atoms with E-state index in [1.165, 1.54) is 0 Å². The van der Waals surface area contributed by atoms with E-state index in [4.69, 9.17) is 14.2 Å². The summed E-state index contributed by atoms with van der Waals surface area (Å²) in [6.45, 7) is 11.8. The molecule has 216 valence electrons. The molecule has 0 aliphatic carbocycles. The van der Waals surface area contributed by atoms with Crippen molar-refractivity contribution in [1.82, 2.24) is 10.2 Å². The lowest BCUT2D eigenvalue weighted by molar-refractivity contribution is -0.142. The fourth-order valence-electron chi connectivity index (χ4n) is 3.93. The highest BCUT2D eigenvalue weighted by Crippen LogP contribution is 2.37. The molecule has 0 atom stereocenters. The maximum Gasteiger partial charge on any atom is 0.320 e. The third-order valence-corrected chi connectivity index (χ3v) is 7.90. The van der Waals surface area contributed by atoms with E-state index in [1.807, 2.05) is 65.8 Å². The van der Waals surface area contributed by atoms with Gasteiger partial charge in [0.25, 0.3) is 0 Å². The third kappa shape index (κ3) is 10.7. The molecule has 0 fully saturated rings. The number of nitrogens with one attached hydrogen (secondary N) is 2. The lowest BCUT2D eigenvalue weighted by Crippen LogP contribution is -2.34. The van der Waals surface area contributed by atoms with Gasteiger partial charge < -0.3 is 19.3 Å². The molecule has 0 spiro atoms. The van der Waals surface area contributed by atoms with E-state index in [0.717, 1.165) is 27.8 Å². The molecule has 0 unspecified atom stereocenters. The monoisotopic (exact) mass is 562 g/mol. The van der Waals surface area contributed by atoms with Crippen LogP contribution < -0.4 is 14.9 Å². The van der Waals surface area contributed by atoms with E-state index in [9.17, 15) is 19.3 Å².